The first-order valence-electron chi connectivity index (χ1n) is 3.70. The Balaban J connectivity index is 2.68. The van der Waals surface area contributed by atoms with Crippen LogP contribution in [0.25, 0.3) is 0 Å². The molecule has 0 saturated heterocycles. The molecule has 1 aromatic carbocycles. The number of para-hydroxylation sites is 1. The maximum absolute atomic E-state index is 5.51. The largest absolute Gasteiger partial charge is 0.492 e. The second-order valence-corrected chi connectivity index (χ2v) is 3.83. The Morgan fingerprint density at radius 3 is 2.83 bits per heavy atom. The van der Waals surface area contributed by atoms with E-state index in [0.717, 1.165) is 17.7 Å². The van der Waals surface area contributed by atoms with Crippen molar-refractivity contribution in [3.05, 3.63) is 24.3 Å². The molecule has 0 radical (unpaired) electrons. The summed E-state index contributed by atoms with van der Waals surface area (Å²) in [7, 11) is 0. The number of halogens is 1. The van der Waals surface area contributed by atoms with Gasteiger partial charge in [-0.2, -0.15) is 0 Å². The summed E-state index contributed by atoms with van der Waals surface area (Å²) in [5, 5.41) is 0.871. The predicted octanol–water partition coefficient (Wildman–Crippen LogP) is 3.18. The first kappa shape index (κ1) is 9.93. The highest BCUT2D eigenvalue weighted by molar-refractivity contribution is 9.09. The molecule has 0 unspecified atom stereocenters. The van der Waals surface area contributed by atoms with Gasteiger partial charge in [0.2, 0.25) is 0 Å². The molecule has 0 atom stereocenters. The SMILES string of the molecule is CSc1ccccc1OCCBr. The smallest absolute Gasteiger partial charge is 0.132 e. The fourth-order valence-electron chi connectivity index (χ4n) is 0.887. The van der Waals surface area contributed by atoms with Crippen molar-refractivity contribution in [2.45, 2.75) is 4.90 Å². The van der Waals surface area contributed by atoms with E-state index in [4.69, 9.17) is 4.74 Å². The fraction of sp³-hybridized carbons (Fsp3) is 0.333. The highest BCUT2D eigenvalue weighted by Crippen LogP contribution is 2.26. The summed E-state index contributed by atoms with van der Waals surface area (Å²) in [5.41, 5.74) is 0. The van der Waals surface area contributed by atoms with Gasteiger partial charge in [0.25, 0.3) is 0 Å². The van der Waals surface area contributed by atoms with Crippen molar-refractivity contribution >= 4 is 27.7 Å². The van der Waals surface area contributed by atoms with E-state index in [-0.39, 0.29) is 0 Å². The number of ether oxygens (including phenoxy) is 1. The molecule has 66 valence electrons. The van der Waals surface area contributed by atoms with Gasteiger partial charge >= 0.3 is 0 Å². The van der Waals surface area contributed by atoms with E-state index in [9.17, 15) is 0 Å². The molecule has 12 heavy (non-hydrogen) atoms. The minimum atomic E-state index is 0.720. The third kappa shape index (κ3) is 2.72. The zero-order valence-electron chi connectivity index (χ0n) is 6.92. The number of thioether (sulfide) groups is 1. The van der Waals surface area contributed by atoms with Gasteiger partial charge in [-0.15, -0.1) is 11.8 Å². The number of rotatable bonds is 4. The molecule has 0 fully saturated rings. The Morgan fingerprint density at radius 1 is 1.42 bits per heavy atom. The van der Waals surface area contributed by atoms with E-state index in [1.165, 1.54) is 4.90 Å². The first-order chi connectivity index (χ1) is 5.88. The Kier molecular flexibility index (Phi) is 4.54. The van der Waals surface area contributed by atoms with Crippen LogP contribution in [-0.2, 0) is 0 Å². The molecule has 1 rings (SSSR count). The van der Waals surface area contributed by atoms with E-state index < -0.39 is 0 Å². The van der Waals surface area contributed by atoms with Gasteiger partial charge in [-0.3, -0.25) is 0 Å². The lowest BCUT2D eigenvalue weighted by atomic mass is 10.3. The Hall–Kier alpha value is -0.150. The molecule has 0 heterocycles. The van der Waals surface area contributed by atoms with Gasteiger partial charge in [-0.1, -0.05) is 28.1 Å². The summed E-state index contributed by atoms with van der Waals surface area (Å²) in [5.74, 6) is 0.976. The third-order valence-electron chi connectivity index (χ3n) is 1.40. The molecule has 0 bridgehead atoms. The van der Waals surface area contributed by atoms with Gasteiger partial charge in [0.05, 0.1) is 6.61 Å². The molecular formula is C9H11BrOS. The molecule has 0 amide bonds. The summed E-state index contributed by atoms with van der Waals surface area (Å²) in [6.45, 7) is 0.720. The zero-order chi connectivity index (χ0) is 8.81. The maximum Gasteiger partial charge on any atom is 0.132 e. The summed E-state index contributed by atoms with van der Waals surface area (Å²) < 4.78 is 5.51. The Bertz CT molecular complexity index is 240. The van der Waals surface area contributed by atoms with Crippen molar-refractivity contribution in [1.82, 2.24) is 0 Å². The minimum absolute atomic E-state index is 0.720. The lowest BCUT2D eigenvalue weighted by molar-refractivity contribution is 0.337. The normalized spacial score (nSPS) is 9.83. The molecule has 0 aliphatic carbocycles. The maximum atomic E-state index is 5.51. The van der Waals surface area contributed by atoms with E-state index >= 15 is 0 Å². The van der Waals surface area contributed by atoms with Gasteiger partial charge < -0.3 is 4.74 Å². The van der Waals surface area contributed by atoms with Crippen molar-refractivity contribution in [2.24, 2.45) is 0 Å². The topological polar surface area (TPSA) is 9.23 Å². The molecule has 0 spiro atoms. The van der Waals surface area contributed by atoms with Gasteiger partial charge in [0.15, 0.2) is 0 Å². The van der Waals surface area contributed by atoms with Crippen molar-refractivity contribution in [3.63, 3.8) is 0 Å². The average molecular weight is 247 g/mol. The molecule has 1 aromatic rings. The second-order valence-electron chi connectivity index (χ2n) is 2.19. The van der Waals surface area contributed by atoms with Crippen LogP contribution in [0.15, 0.2) is 29.2 Å². The van der Waals surface area contributed by atoms with Crippen LogP contribution >= 0.6 is 27.7 Å². The minimum Gasteiger partial charge on any atom is -0.492 e. The van der Waals surface area contributed by atoms with E-state index in [1.54, 1.807) is 11.8 Å². The number of benzene rings is 1. The number of hydrogen-bond acceptors (Lipinski definition) is 2. The van der Waals surface area contributed by atoms with Gasteiger partial charge in [0.1, 0.15) is 5.75 Å². The van der Waals surface area contributed by atoms with Crippen LogP contribution in [0.2, 0.25) is 0 Å². The molecule has 0 N–H and O–H groups in total. The van der Waals surface area contributed by atoms with Crippen molar-refractivity contribution in [3.8, 4) is 5.75 Å². The van der Waals surface area contributed by atoms with Crippen LogP contribution in [0.5, 0.6) is 5.75 Å². The average Bonchev–Trinajstić information content (AvgIpc) is 2.15. The second kappa shape index (κ2) is 5.49. The highest BCUT2D eigenvalue weighted by atomic mass is 79.9. The number of alkyl halides is 1. The summed E-state index contributed by atoms with van der Waals surface area (Å²) in [6.07, 6.45) is 2.05. The van der Waals surface area contributed by atoms with Crippen molar-refractivity contribution in [2.75, 3.05) is 18.2 Å². The number of hydrogen-bond donors (Lipinski definition) is 0. The summed E-state index contributed by atoms with van der Waals surface area (Å²) in [6, 6.07) is 8.07. The van der Waals surface area contributed by atoms with Crippen molar-refractivity contribution < 1.29 is 4.74 Å². The predicted molar refractivity (Wildman–Crippen MR) is 57.5 cm³/mol. The first-order valence-corrected chi connectivity index (χ1v) is 6.05. The standard InChI is InChI=1S/C9H11BrOS/c1-12-9-5-3-2-4-8(9)11-7-6-10/h2-5H,6-7H2,1H3. The summed E-state index contributed by atoms with van der Waals surface area (Å²) in [4.78, 5) is 1.19. The van der Waals surface area contributed by atoms with Crippen molar-refractivity contribution in [1.29, 1.82) is 0 Å². The molecule has 0 aliphatic rings. The van der Waals surface area contributed by atoms with E-state index in [1.807, 2.05) is 18.2 Å². The van der Waals surface area contributed by atoms with Gasteiger partial charge in [-0.25, -0.2) is 0 Å². The highest BCUT2D eigenvalue weighted by Gasteiger charge is 1.99. The van der Waals surface area contributed by atoms with Crippen LogP contribution < -0.4 is 4.74 Å². The van der Waals surface area contributed by atoms with Gasteiger partial charge in [0, 0.05) is 10.2 Å². The van der Waals surface area contributed by atoms with Gasteiger partial charge in [-0.05, 0) is 18.4 Å². The van der Waals surface area contributed by atoms with Crippen LogP contribution in [-0.4, -0.2) is 18.2 Å². The van der Waals surface area contributed by atoms with Crippen LogP contribution in [0, 0.1) is 0 Å². The van der Waals surface area contributed by atoms with E-state index in [2.05, 4.69) is 28.3 Å². The van der Waals surface area contributed by atoms with E-state index in [0.29, 0.717) is 0 Å². The monoisotopic (exact) mass is 246 g/mol. The Morgan fingerprint density at radius 2 is 2.17 bits per heavy atom. The molecule has 1 nitrogen and oxygen atoms in total. The molecule has 0 aromatic heterocycles. The molecule has 0 aliphatic heterocycles. The Labute approximate surface area is 85.6 Å². The summed E-state index contributed by atoms with van der Waals surface area (Å²) >= 11 is 5.03. The van der Waals surface area contributed by atoms with Crippen LogP contribution in [0.3, 0.4) is 0 Å². The molecular weight excluding hydrogens is 236 g/mol. The van der Waals surface area contributed by atoms with Crippen LogP contribution in [0.4, 0.5) is 0 Å². The molecule has 0 saturated carbocycles. The lowest BCUT2D eigenvalue weighted by Crippen LogP contribution is -1.98. The fourth-order valence-corrected chi connectivity index (χ4v) is 1.59. The quantitative estimate of drug-likeness (QED) is 0.597. The van der Waals surface area contributed by atoms with Crippen LogP contribution in [0.1, 0.15) is 0 Å². The lowest BCUT2D eigenvalue weighted by Gasteiger charge is -2.07. The zero-order valence-corrected chi connectivity index (χ0v) is 9.32. The molecule has 3 heteroatoms. The third-order valence-corrected chi connectivity index (χ3v) is 2.50.